The number of aromatic nitrogens is 1. The highest BCUT2D eigenvalue weighted by Crippen LogP contribution is 2.23. The number of benzene rings is 1. The van der Waals surface area contributed by atoms with Gasteiger partial charge in [-0.2, -0.15) is 0 Å². The smallest absolute Gasteiger partial charge is 0.0747 e. The van der Waals surface area contributed by atoms with Crippen LogP contribution in [-0.4, -0.2) is 4.98 Å². The van der Waals surface area contributed by atoms with Crippen LogP contribution in [0.15, 0.2) is 36.5 Å². The molecule has 1 atom stereocenters. The van der Waals surface area contributed by atoms with E-state index in [0.29, 0.717) is 6.42 Å². The van der Waals surface area contributed by atoms with Crippen molar-refractivity contribution >= 4 is 10.8 Å². The fourth-order valence-corrected chi connectivity index (χ4v) is 1.77. The van der Waals surface area contributed by atoms with Crippen LogP contribution < -0.4 is 11.3 Å². The van der Waals surface area contributed by atoms with Crippen molar-refractivity contribution in [3.05, 3.63) is 42.2 Å². The second-order valence-corrected chi connectivity index (χ2v) is 3.54. The molecule has 1 unspecified atom stereocenters. The molecule has 1 aromatic carbocycles. The lowest BCUT2D eigenvalue weighted by Gasteiger charge is -2.14. The van der Waals surface area contributed by atoms with Crippen LogP contribution in [-0.2, 0) is 0 Å². The molecule has 80 valence electrons. The van der Waals surface area contributed by atoms with Gasteiger partial charge < -0.3 is 0 Å². The summed E-state index contributed by atoms with van der Waals surface area (Å²) in [6.45, 7) is 0. The van der Waals surface area contributed by atoms with Crippen LogP contribution in [0.1, 0.15) is 18.2 Å². The first-order chi connectivity index (χ1) is 7.86. The first kappa shape index (κ1) is 10.6. The molecule has 0 radical (unpaired) electrons. The number of nitrogens with zero attached hydrogens (tertiary/aromatic N) is 1. The summed E-state index contributed by atoms with van der Waals surface area (Å²) >= 11 is 0. The van der Waals surface area contributed by atoms with Gasteiger partial charge in [0.05, 0.1) is 11.7 Å². The number of nitrogens with two attached hydrogens (primary N) is 1. The Balaban J connectivity index is 2.55. The molecule has 2 rings (SSSR count). The standard InChI is InChI=1S/C13H13N3/c1-2-5-12(16-14)13-11-7-4-3-6-10(11)8-9-15-13/h1,3-4,6-9,12,16H,5,14H2. The van der Waals surface area contributed by atoms with Gasteiger partial charge in [-0.15, -0.1) is 12.3 Å². The second kappa shape index (κ2) is 4.75. The van der Waals surface area contributed by atoms with Crippen molar-refractivity contribution in [3.63, 3.8) is 0 Å². The van der Waals surface area contributed by atoms with E-state index in [1.54, 1.807) is 6.20 Å². The number of rotatable bonds is 3. The molecule has 3 nitrogen and oxygen atoms in total. The maximum absolute atomic E-state index is 5.50. The molecule has 1 heterocycles. The number of hydrogen-bond donors (Lipinski definition) is 2. The number of nitrogens with one attached hydrogen (secondary N) is 1. The molecule has 0 bridgehead atoms. The Kier molecular flexibility index (Phi) is 3.16. The van der Waals surface area contributed by atoms with E-state index < -0.39 is 0 Å². The molecule has 0 aliphatic rings. The normalized spacial score (nSPS) is 12.2. The molecule has 0 fully saturated rings. The lowest BCUT2D eigenvalue weighted by atomic mass is 10.0. The average molecular weight is 211 g/mol. The summed E-state index contributed by atoms with van der Waals surface area (Å²) in [5.41, 5.74) is 3.61. The maximum Gasteiger partial charge on any atom is 0.0747 e. The van der Waals surface area contributed by atoms with E-state index in [1.165, 1.54) is 0 Å². The maximum atomic E-state index is 5.50. The monoisotopic (exact) mass is 211 g/mol. The van der Waals surface area contributed by atoms with Crippen molar-refractivity contribution in [3.8, 4) is 12.3 Å². The highest BCUT2D eigenvalue weighted by Gasteiger charge is 2.12. The Labute approximate surface area is 94.7 Å². The Bertz CT molecular complexity index is 523. The van der Waals surface area contributed by atoms with Crippen molar-refractivity contribution in [1.82, 2.24) is 10.4 Å². The summed E-state index contributed by atoms with van der Waals surface area (Å²) in [5, 5.41) is 2.23. The fraction of sp³-hybridized carbons (Fsp3) is 0.154. The molecule has 0 aliphatic heterocycles. The summed E-state index contributed by atoms with van der Waals surface area (Å²) < 4.78 is 0. The van der Waals surface area contributed by atoms with Gasteiger partial charge in [0.1, 0.15) is 0 Å². The van der Waals surface area contributed by atoms with Crippen LogP contribution in [0.3, 0.4) is 0 Å². The van der Waals surface area contributed by atoms with E-state index in [-0.39, 0.29) is 6.04 Å². The van der Waals surface area contributed by atoms with Gasteiger partial charge in [0.15, 0.2) is 0 Å². The molecule has 0 saturated heterocycles. The third kappa shape index (κ3) is 1.89. The van der Waals surface area contributed by atoms with E-state index in [4.69, 9.17) is 12.3 Å². The minimum atomic E-state index is -0.101. The number of pyridine rings is 1. The molecule has 1 aromatic heterocycles. The van der Waals surface area contributed by atoms with Gasteiger partial charge in [0, 0.05) is 18.0 Å². The molecule has 0 saturated carbocycles. The lowest BCUT2D eigenvalue weighted by Crippen LogP contribution is -2.28. The van der Waals surface area contributed by atoms with Crippen molar-refractivity contribution in [1.29, 1.82) is 0 Å². The Morgan fingerprint density at radius 3 is 2.94 bits per heavy atom. The number of fused-ring (bicyclic) bond motifs is 1. The van der Waals surface area contributed by atoms with Crippen LogP contribution in [0.25, 0.3) is 10.8 Å². The van der Waals surface area contributed by atoms with Crippen molar-refractivity contribution < 1.29 is 0 Å². The molecule has 16 heavy (non-hydrogen) atoms. The Morgan fingerprint density at radius 2 is 2.19 bits per heavy atom. The van der Waals surface area contributed by atoms with Crippen LogP contribution in [0, 0.1) is 12.3 Å². The summed E-state index contributed by atoms with van der Waals surface area (Å²) in [6.07, 6.45) is 7.61. The zero-order chi connectivity index (χ0) is 11.4. The first-order valence-corrected chi connectivity index (χ1v) is 5.10. The fourth-order valence-electron chi connectivity index (χ4n) is 1.77. The minimum Gasteiger partial charge on any atom is -0.271 e. The third-order valence-electron chi connectivity index (χ3n) is 2.56. The zero-order valence-electron chi connectivity index (χ0n) is 8.85. The number of hydrazine groups is 1. The summed E-state index contributed by atoms with van der Waals surface area (Å²) in [4.78, 5) is 4.36. The van der Waals surface area contributed by atoms with Crippen LogP contribution in [0.4, 0.5) is 0 Å². The predicted octanol–water partition coefficient (Wildman–Crippen LogP) is 1.76. The first-order valence-electron chi connectivity index (χ1n) is 5.10. The van der Waals surface area contributed by atoms with Gasteiger partial charge in [-0.25, -0.2) is 0 Å². The molecule has 3 heteroatoms. The van der Waals surface area contributed by atoms with Gasteiger partial charge >= 0.3 is 0 Å². The predicted molar refractivity (Wildman–Crippen MR) is 65.3 cm³/mol. The minimum absolute atomic E-state index is 0.101. The molecule has 0 aliphatic carbocycles. The summed E-state index contributed by atoms with van der Waals surface area (Å²) in [7, 11) is 0. The summed E-state index contributed by atoms with van der Waals surface area (Å²) in [6, 6.07) is 9.93. The Hall–Kier alpha value is -1.89. The van der Waals surface area contributed by atoms with Crippen LogP contribution in [0.5, 0.6) is 0 Å². The van der Waals surface area contributed by atoms with Crippen LogP contribution in [0.2, 0.25) is 0 Å². The van der Waals surface area contributed by atoms with Crippen molar-refractivity contribution in [2.75, 3.05) is 0 Å². The van der Waals surface area contributed by atoms with E-state index in [0.717, 1.165) is 16.5 Å². The molecule has 3 N–H and O–H groups in total. The molecular weight excluding hydrogens is 198 g/mol. The highest BCUT2D eigenvalue weighted by atomic mass is 15.2. The molecule has 2 aromatic rings. The molecule has 0 amide bonds. The largest absolute Gasteiger partial charge is 0.271 e. The average Bonchev–Trinajstić information content (AvgIpc) is 2.35. The van der Waals surface area contributed by atoms with Gasteiger partial charge in [-0.05, 0) is 11.5 Å². The highest BCUT2D eigenvalue weighted by molar-refractivity contribution is 5.84. The number of terminal acetylenes is 1. The van der Waals surface area contributed by atoms with Crippen molar-refractivity contribution in [2.45, 2.75) is 12.5 Å². The number of hydrogen-bond acceptors (Lipinski definition) is 3. The van der Waals surface area contributed by atoms with E-state index >= 15 is 0 Å². The van der Waals surface area contributed by atoms with Crippen molar-refractivity contribution in [2.24, 2.45) is 5.84 Å². The quantitative estimate of drug-likeness (QED) is 0.462. The van der Waals surface area contributed by atoms with Gasteiger partial charge in [0.2, 0.25) is 0 Å². The second-order valence-electron chi connectivity index (χ2n) is 3.54. The molecule has 0 spiro atoms. The van der Waals surface area contributed by atoms with Crippen LogP contribution >= 0.6 is 0 Å². The SMILES string of the molecule is C#CCC(NN)c1nccc2ccccc12. The molecular formula is C13H13N3. The van der Waals surface area contributed by atoms with Gasteiger partial charge in [0.25, 0.3) is 0 Å². The van der Waals surface area contributed by atoms with Gasteiger partial charge in [-0.1, -0.05) is 24.3 Å². The summed E-state index contributed by atoms with van der Waals surface area (Å²) in [5.74, 6) is 8.10. The lowest BCUT2D eigenvalue weighted by molar-refractivity contribution is 0.558. The van der Waals surface area contributed by atoms with E-state index in [1.807, 2.05) is 30.3 Å². The Morgan fingerprint density at radius 1 is 1.38 bits per heavy atom. The van der Waals surface area contributed by atoms with E-state index in [9.17, 15) is 0 Å². The van der Waals surface area contributed by atoms with Gasteiger partial charge in [-0.3, -0.25) is 16.3 Å². The third-order valence-corrected chi connectivity index (χ3v) is 2.56. The zero-order valence-corrected chi connectivity index (χ0v) is 8.85. The topological polar surface area (TPSA) is 50.9 Å². The van der Waals surface area contributed by atoms with E-state index in [2.05, 4.69) is 16.3 Å².